The number of rotatable bonds is 0. The molecule has 0 spiro atoms. The Morgan fingerprint density at radius 3 is 2.17 bits per heavy atom. The van der Waals surface area contributed by atoms with Crippen molar-refractivity contribution in [3.8, 4) is 6.07 Å². The summed E-state index contributed by atoms with van der Waals surface area (Å²) in [7, 11) is 6.00. The molecule has 1 aromatic heterocycles. The summed E-state index contributed by atoms with van der Waals surface area (Å²) in [6.45, 7) is 0. The van der Waals surface area contributed by atoms with Crippen LogP contribution in [0.15, 0.2) is 11.4 Å². The van der Waals surface area contributed by atoms with Gasteiger partial charge >= 0.3 is 65.1 Å². The molecule has 0 aliphatic rings. The average Bonchev–Trinajstić information content (AvgIpc) is 2.33. The van der Waals surface area contributed by atoms with Gasteiger partial charge in [-0.15, -0.1) is 0 Å². The first-order chi connectivity index (χ1) is 5.57. The fraction of sp³-hybridized carbons (Fsp3) is 0.375. The van der Waals surface area contributed by atoms with E-state index < -0.39 is 0 Å². The Morgan fingerprint density at radius 1 is 1.50 bits per heavy atom. The molecule has 0 fully saturated rings. The summed E-state index contributed by atoms with van der Waals surface area (Å²) in [5.41, 5.74) is 0. The predicted octanol–water partition coefficient (Wildman–Crippen LogP) is 0.324. The Hall–Kier alpha value is -0.0513. The second-order valence-corrected chi connectivity index (χ2v) is 5.35. The van der Waals surface area contributed by atoms with Crippen molar-refractivity contribution in [2.45, 2.75) is 0 Å². The summed E-state index contributed by atoms with van der Waals surface area (Å²) in [5.74, 6) is 0. The Balaban J connectivity index is 0.000000261. The standard InChI is InChI=1S/C5H2NS.C3H9N.Sn.H/c6-4-5-2-1-3-7-5;1-4(2)3;;/h1,3H;1-3H3;;. The topological polar surface area (TPSA) is 27.0 Å². The zero-order valence-electron chi connectivity index (χ0n) is 7.53. The van der Waals surface area contributed by atoms with Gasteiger partial charge in [-0.05, 0) is 21.1 Å². The first kappa shape index (κ1) is 11.9. The summed E-state index contributed by atoms with van der Waals surface area (Å²) in [5, 5.41) is 10.3. The molecular weight excluding hydrogens is 275 g/mol. The van der Waals surface area contributed by atoms with Gasteiger partial charge in [-0.2, -0.15) is 0 Å². The molecule has 0 saturated carbocycles. The van der Waals surface area contributed by atoms with Crippen LogP contribution in [0, 0.1) is 11.3 Å². The van der Waals surface area contributed by atoms with Crippen molar-refractivity contribution in [1.29, 1.82) is 5.26 Å². The van der Waals surface area contributed by atoms with Crippen molar-refractivity contribution < 1.29 is 0 Å². The van der Waals surface area contributed by atoms with Crippen molar-refractivity contribution in [3.63, 3.8) is 0 Å². The van der Waals surface area contributed by atoms with Crippen molar-refractivity contribution >= 4 is 37.4 Å². The summed E-state index contributed by atoms with van der Waals surface area (Å²) in [4.78, 5) is 2.88. The molecule has 2 radical (unpaired) electrons. The third kappa shape index (κ3) is 5.58. The van der Waals surface area contributed by atoms with Crippen LogP contribution in [0.4, 0.5) is 0 Å². The van der Waals surface area contributed by atoms with Crippen LogP contribution in [0.3, 0.4) is 0 Å². The Bertz CT molecular complexity index is 260. The third-order valence-corrected chi connectivity index (χ3v) is 3.60. The van der Waals surface area contributed by atoms with E-state index in [9.17, 15) is 0 Å². The van der Waals surface area contributed by atoms with E-state index in [1.54, 1.807) is 0 Å². The van der Waals surface area contributed by atoms with Crippen molar-refractivity contribution in [3.05, 3.63) is 16.3 Å². The summed E-state index contributed by atoms with van der Waals surface area (Å²) in [6, 6.07) is 4.13. The normalized spacial score (nSPS) is 8.67. The van der Waals surface area contributed by atoms with E-state index in [-0.39, 0.29) is 0 Å². The molecule has 0 atom stereocenters. The third-order valence-electron chi connectivity index (χ3n) is 0.797. The average molecular weight is 287 g/mol. The zero-order chi connectivity index (χ0) is 9.56. The van der Waals surface area contributed by atoms with Gasteiger partial charge < -0.3 is 4.90 Å². The van der Waals surface area contributed by atoms with Crippen LogP contribution in [0.5, 0.6) is 0 Å². The second kappa shape index (κ2) is 6.46. The number of nitriles is 1. The quantitative estimate of drug-likeness (QED) is 0.643. The fourth-order valence-electron chi connectivity index (χ4n) is 0.410. The molecule has 0 N–H and O–H groups in total. The molecule has 0 aromatic carbocycles. The van der Waals surface area contributed by atoms with Crippen LogP contribution >= 0.6 is 11.3 Å². The first-order valence-corrected chi connectivity index (χ1v) is 5.94. The predicted molar refractivity (Wildman–Crippen MR) is 55.4 cm³/mol. The molecule has 0 bridgehead atoms. The molecule has 0 unspecified atom stereocenters. The van der Waals surface area contributed by atoms with Gasteiger partial charge in [0, 0.05) is 0 Å². The van der Waals surface area contributed by atoms with Crippen LogP contribution in [0.1, 0.15) is 4.88 Å². The summed E-state index contributed by atoms with van der Waals surface area (Å²) < 4.78 is 1.21. The van der Waals surface area contributed by atoms with Gasteiger partial charge in [0.1, 0.15) is 0 Å². The van der Waals surface area contributed by atoms with Crippen LogP contribution in [0.2, 0.25) is 0 Å². The van der Waals surface area contributed by atoms with Crippen LogP contribution in [0.25, 0.3) is 0 Å². The monoisotopic (exact) mass is 288 g/mol. The zero-order valence-corrected chi connectivity index (χ0v) is 11.6. The molecule has 64 valence electrons. The van der Waals surface area contributed by atoms with Crippen molar-refractivity contribution in [2.75, 3.05) is 21.1 Å². The van der Waals surface area contributed by atoms with E-state index in [1.807, 2.05) is 37.5 Å². The van der Waals surface area contributed by atoms with E-state index in [2.05, 4.69) is 6.07 Å². The summed E-state index contributed by atoms with van der Waals surface area (Å²) >= 11 is 2.58. The van der Waals surface area contributed by atoms with Gasteiger partial charge in [0.15, 0.2) is 0 Å². The van der Waals surface area contributed by atoms with E-state index in [1.165, 1.54) is 14.9 Å². The maximum absolute atomic E-state index is 8.39. The van der Waals surface area contributed by atoms with Crippen molar-refractivity contribution in [2.24, 2.45) is 0 Å². The Kier molecular flexibility index (Phi) is 6.44. The molecule has 12 heavy (non-hydrogen) atoms. The Labute approximate surface area is 90.9 Å². The van der Waals surface area contributed by atoms with Crippen LogP contribution < -0.4 is 3.58 Å². The van der Waals surface area contributed by atoms with Gasteiger partial charge in [-0.3, -0.25) is 0 Å². The van der Waals surface area contributed by atoms with Gasteiger partial charge in [-0.1, -0.05) is 0 Å². The van der Waals surface area contributed by atoms with Crippen LogP contribution in [-0.4, -0.2) is 48.6 Å². The van der Waals surface area contributed by atoms with E-state index in [4.69, 9.17) is 5.26 Å². The minimum atomic E-state index is 0.882. The van der Waals surface area contributed by atoms with Gasteiger partial charge in [0.05, 0.1) is 0 Å². The molecule has 4 heteroatoms. The van der Waals surface area contributed by atoms with Crippen molar-refractivity contribution in [1.82, 2.24) is 4.90 Å². The van der Waals surface area contributed by atoms with Gasteiger partial charge in [0.2, 0.25) is 0 Å². The fourth-order valence-corrected chi connectivity index (χ4v) is 2.46. The summed E-state index contributed by atoms with van der Waals surface area (Å²) in [6.07, 6.45) is 0. The van der Waals surface area contributed by atoms with E-state index >= 15 is 0 Å². The molecule has 0 saturated heterocycles. The molecule has 0 aliphatic heterocycles. The molecule has 0 amide bonds. The molecule has 1 heterocycles. The molecule has 2 nitrogen and oxygen atoms in total. The number of hydrogen-bond acceptors (Lipinski definition) is 3. The molecule has 1 aromatic rings. The molecule has 1 rings (SSSR count). The van der Waals surface area contributed by atoms with E-state index in [0.29, 0.717) is 0 Å². The second-order valence-electron chi connectivity index (χ2n) is 2.66. The SMILES string of the molecule is CN(C)C.N#Cc1scc[c]1[SnH]. The molecule has 0 aliphatic carbocycles. The number of hydrogen-bond donors (Lipinski definition) is 0. The van der Waals surface area contributed by atoms with E-state index in [0.717, 1.165) is 27.4 Å². The Morgan fingerprint density at radius 2 is 2.00 bits per heavy atom. The maximum atomic E-state index is 8.39. The molecular formula is C8H12N2SSn. The first-order valence-electron chi connectivity index (χ1n) is 3.42. The number of nitrogens with zero attached hydrogens (tertiary/aromatic N) is 2. The minimum absolute atomic E-state index is 0.882. The van der Waals surface area contributed by atoms with Gasteiger partial charge in [0.25, 0.3) is 0 Å². The van der Waals surface area contributed by atoms with Crippen LogP contribution in [-0.2, 0) is 0 Å². The number of thiophene rings is 1. The van der Waals surface area contributed by atoms with Gasteiger partial charge in [-0.25, -0.2) is 0 Å².